The van der Waals surface area contributed by atoms with Crippen LogP contribution in [0.1, 0.15) is 15.9 Å². The average Bonchev–Trinajstić information content (AvgIpc) is 3.01. The molecule has 9 heteroatoms. The van der Waals surface area contributed by atoms with Gasteiger partial charge in [0.2, 0.25) is 0 Å². The highest BCUT2D eigenvalue weighted by molar-refractivity contribution is 8.18. The Morgan fingerprint density at radius 2 is 1.77 bits per heavy atom. The Kier molecular flexibility index (Phi) is 6.53. The van der Waals surface area contributed by atoms with Gasteiger partial charge in [0.15, 0.2) is 0 Å². The monoisotopic (exact) mass is 427 g/mol. The molecule has 2 aromatic carbocycles. The lowest BCUT2D eigenvalue weighted by molar-refractivity contribution is -0.143. The summed E-state index contributed by atoms with van der Waals surface area (Å²) < 4.78 is 14.9. The van der Waals surface area contributed by atoms with E-state index in [1.165, 1.54) is 20.3 Å². The summed E-state index contributed by atoms with van der Waals surface area (Å²) in [5, 5.41) is -0.557. The summed E-state index contributed by atoms with van der Waals surface area (Å²) in [6.45, 7) is -0.446. The zero-order valence-electron chi connectivity index (χ0n) is 16.1. The number of carbonyl (C=O) groups excluding carboxylic acids is 4. The molecule has 2 aromatic rings. The minimum absolute atomic E-state index is 0.155. The van der Waals surface area contributed by atoms with Crippen molar-refractivity contribution in [3.8, 4) is 11.5 Å². The average molecular weight is 427 g/mol. The zero-order chi connectivity index (χ0) is 21.7. The molecule has 0 atom stereocenters. The van der Waals surface area contributed by atoms with Crippen molar-refractivity contribution in [2.75, 3.05) is 20.8 Å². The van der Waals surface area contributed by atoms with Crippen LogP contribution in [0, 0.1) is 0 Å². The van der Waals surface area contributed by atoms with Gasteiger partial charge in [-0.15, -0.1) is 0 Å². The second kappa shape index (κ2) is 9.27. The van der Waals surface area contributed by atoms with E-state index >= 15 is 0 Å². The van der Waals surface area contributed by atoms with E-state index in [1.807, 2.05) is 0 Å². The van der Waals surface area contributed by atoms with E-state index in [2.05, 4.69) is 4.74 Å². The summed E-state index contributed by atoms with van der Waals surface area (Å²) in [6, 6.07) is 13.0. The molecule has 0 aromatic heterocycles. The Hall–Kier alpha value is -3.59. The van der Waals surface area contributed by atoms with Crippen LogP contribution in [0.25, 0.3) is 6.08 Å². The van der Waals surface area contributed by atoms with Gasteiger partial charge in [-0.05, 0) is 59.8 Å². The number of benzene rings is 2. The first-order chi connectivity index (χ1) is 14.4. The third-order valence-electron chi connectivity index (χ3n) is 4.08. The number of methoxy groups -OCH3 is 2. The molecule has 154 valence electrons. The van der Waals surface area contributed by atoms with Crippen molar-refractivity contribution < 1.29 is 33.4 Å². The molecule has 0 saturated carbocycles. The van der Waals surface area contributed by atoms with E-state index in [4.69, 9.17) is 9.47 Å². The van der Waals surface area contributed by atoms with Crippen LogP contribution in [-0.4, -0.2) is 48.7 Å². The number of nitrogens with zero attached hydrogens (tertiary/aromatic N) is 1. The highest BCUT2D eigenvalue weighted by Crippen LogP contribution is 2.32. The lowest BCUT2D eigenvalue weighted by Crippen LogP contribution is -2.34. The molecule has 30 heavy (non-hydrogen) atoms. The van der Waals surface area contributed by atoms with Crippen LogP contribution in [0.3, 0.4) is 0 Å². The van der Waals surface area contributed by atoms with Gasteiger partial charge in [-0.2, -0.15) is 0 Å². The van der Waals surface area contributed by atoms with Gasteiger partial charge in [0.05, 0.1) is 24.7 Å². The molecule has 1 aliphatic rings. The predicted molar refractivity (Wildman–Crippen MR) is 109 cm³/mol. The maximum atomic E-state index is 12.4. The fourth-order valence-electron chi connectivity index (χ4n) is 2.54. The Balaban J connectivity index is 1.73. The molecule has 1 fully saturated rings. The third-order valence-corrected chi connectivity index (χ3v) is 4.99. The van der Waals surface area contributed by atoms with Crippen molar-refractivity contribution in [3.63, 3.8) is 0 Å². The van der Waals surface area contributed by atoms with Crippen LogP contribution < -0.4 is 9.47 Å². The fraction of sp³-hybridized carbons (Fsp3) is 0.143. The molecule has 0 unspecified atom stereocenters. The summed E-state index contributed by atoms with van der Waals surface area (Å²) >= 11 is 0.720. The minimum atomic E-state index is -0.689. The number of ether oxygens (including phenoxy) is 3. The normalized spacial score (nSPS) is 14.7. The summed E-state index contributed by atoms with van der Waals surface area (Å²) in [5.74, 6) is -0.928. The molecule has 3 rings (SSSR count). The molecular formula is C21H17NO7S. The molecule has 0 bridgehead atoms. The minimum Gasteiger partial charge on any atom is -0.497 e. The van der Waals surface area contributed by atoms with Crippen LogP contribution in [0.2, 0.25) is 0 Å². The number of rotatable bonds is 6. The first-order valence-corrected chi connectivity index (χ1v) is 9.51. The zero-order valence-corrected chi connectivity index (χ0v) is 16.9. The van der Waals surface area contributed by atoms with E-state index in [1.54, 1.807) is 48.5 Å². The number of esters is 2. The Labute approximate surface area is 176 Å². The molecule has 2 amide bonds. The Bertz CT molecular complexity index is 1030. The summed E-state index contributed by atoms with van der Waals surface area (Å²) in [7, 11) is 2.71. The van der Waals surface area contributed by atoms with Crippen molar-refractivity contribution in [3.05, 3.63) is 64.6 Å². The van der Waals surface area contributed by atoms with Crippen molar-refractivity contribution >= 4 is 40.9 Å². The number of imide groups is 1. The number of hydrogen-bond donors (Lipinski definition) is 0. The number of hydrogen-bond acceptors (Lipinski definition) is 8. The molecule has 1 saturated heterocycles. The quantitative estimate of drug-likeness (QED) is 0.394. The van der Waals surface area contributed by atoms with E-state index in [0.717, 1.165) is 16.7 Å². The van der Waals surface area contributed by atoms with Crippen molar-refractivity contribution in [2.45, 2.75) is 0 Å². The topological polar surface area (TPSA) is 99.2 Å². The van der Waals surface area contributed by atoms with Crippen molar-refractivity contribution in [1.82, 2.24) is 4.90 Å². The van der Waals surface area contributed by atoms with Crippen LogP contribution in [0.5, 0.6) is 11.5 Å². The van der Waals surface area contributed by atoms with Crippen LogP contribution in [0.15, 0.2) is 53.4 Å². The first kappa shape index (κ1) is 21.1. The Morgan fingerprint density at radius 3 is 2.43 bits per heavy atom. The smallest absolute Gasteiger partial charge is 0.343 e. The van der Waals surface area contributed by atoms with Gasteiger partial charge < -0.3 is 14.2 Å². The summed E-state index contributed by atoms with van der Waals surface area (Å²) in [5.41, 5.74) is 0.906. The van der Waals surface area contributed by atoms with E-state index in [-0.39, 0.29) is 10.7 Å². The van der Waals surface area contributed by atoms with Crippen LogP contribution in [0.4, 0.5) is 4.79 Å². The van der Waals surface area contributed by atoms with Gasteiger partial charge >= 0.3 is 11.9 Å². The van der Waals surface area contributed by atoms with Crippen LogP contribution in [-0.2, 0) is 14.3 Å². The van der Waals surface area contributed by atoms with Gasteiger partial charge in [-0.1, -0.05) is 12.1 Å². The molecule has 1 aliphatic heterocycles. The molecule has 1 heterocycles. The van der Waals surface area contributed by atoms with Gasteiger partial charge in [-0.3, -0.25) is 19.3 Å². The molecular weight excluding hydrogens is 410 g/mol. The molecule has 0 N–H and O–H groups in total. The maximum Gasteiger partial charge on any atom is 0.343 e. The highest BCUT2D eigenvalue weighted by Gasteiger charge is 2.36. The second-order valence-corrected chi connectivity index (χ2v) is 7.03. The molecule has 0 aliphatic carbocycles. The number of amides is 2. The van der Waals surface area contributed by atoms with E-state index in [0.29, 0.717) is 16.9 Å². The van der Waals surface area contributed by atoms with E-state index in [9.17, 15) is 19.2 Å². The SMILES string of the molecule is COC(=O)CN1C(=O)S/C(=C\c2cccc(OC(=O)c3ccc(OC)cc3)c2)C1=O. The lowest BCUT2D eigenvalue weighted by atomic mass is 10.2. The third kappa shape index (κ3) is 4.87. The Morgan fingerprint density at radius 1 is 1.03 bits per heavy atom. The molecule has 0 radical (unpaired) electrons. The predicted octanol–water partition coefficient (Wildman–Crippen LogP) is 3.12. The number of thioether (sulfide) groups is 1. The number of carbonyl (C=O) groups is 4. The van der Waals surface area contributed by atoms with Gasteiger partial charge in [0.25, 0.3) is 11.1 Å². The lowest BCUT2D eigenvalue weighted by Gasteiger charge is -2.09. The standard InChI is InChI=1S/C21H17NO7S/c1-27-15-8-6-14(7-9-15)20(25)29-16-5-3-4-13(10-16)11-17-19(24)22(21(26)30-17)12-18(23)28-2/h3-11H,12H2,1-2H3/b17-11-. The second-order valence-electron chi connectivity index (χ2n) is 6.03. The van der Waals surface area contributed by atoms with Crippen LogP contribution >= 0.6 is 11.8 Å². The van der Waals surface area contributed by atoms with E-state index < -0.39 is 29.6 Å². The maximum absolute atomic E-state index is 12.4. The molecule has 8 nitrogen and oxygen atoms in total. The highest BCUT2D eigenvalue weighted by atomic mass is 32.2. The van der Waals surface area contributed by atoms with Crippen molar-refractivity contribution in [2.24, 2.45) is 0 Å². The van der Waals surface area contributed by atoms with Gasteiger partial charge in [0.1, 0.15) is 18.0 Å². The van der Waals surface area contributed by atoms with Crippen molar-refractivity contribution in [1.29, 1.82) is 0 Å². The molecule has 0 spiro atoms. The largest absolute Gasteiger partial charge is 0.497 e. The first-order valence-electron chi connectivity index (χ1n) is 8.69. The fourth-order valence-corrected chi connectivity index (χ4v) is 3.38. The summed E-state index contributed by atoms with van der Waals surface area (Å²) in [6.07, 6.45) is 1.49. The van der Waals surface area contributed by atoms with Gasteiger partial charge in [0, 0.05) is 0 Å². The summed E-state index contributed by atoms with van der Waals surface area (Å²) in [4.78, 5) is 49.0. The van der Waals surface area contributed by atoms with Gasteiger partial charge in [-0.25, -0.2) is 4.79 Å².